The molecule has 25 heavy (non-hydrogen) atoms. The van der Waals surface area contributed by atoms with Crippen molar-refractivity contribution in [2.45, 2.75) is 20.5 Å². The lowest BCUT2D eigenvalue weighted by Gasteiger charge is -2.12. The molecule has 0 saturated carbocycles. The molecule has 132 valence electrons. The van der Waals surface area contributed by atoms with Crippen molar-refractivity contribution in [1.29, 1.82) is 0 Å². The number of tetrazole rings is 1. The second kappa shape index (κ2) is 6.84. The minimum atomic E-state index is -0.352. The third-order valence-corrected chi connectivity index (χ3v) is 3.83. The first kappa shape index (κ1) is 15.5. The van der Waals surface area contributed by atoms with E-state index >= 15 is 0 Å². The first-order valence-electron chi connectivity index (χ1n) is 8.42. The van der Waals surface area contributed by atoms with Crippen LogP contribution in [-0.2, 0) is 20.7 Å². The van der Waals surface area contributed by atoms with Crippen molar-refractivity contribution in [3.8, 4) is 17.3 Å². The molecule has 0 atom stereocenters. The zero-order chi connectivity index (χ0) is 18.8. The van der Waals surface area contributed by atoms with Crippen LogP contribution in [0.4, 0.5) is 0 Å². The average Bonchev–Trinajstić information content (AvgIpc) is 3.08. The van der Waals surface area contributed by atoms with Gasteiger partial charge in [0.2, 0.25) is 5.88 Å². The molecule has 2 heterocycles. The van der Waals surface area contributed by atoms with Gasteiger partial charge in [-0.25, -0.2) is 4.79 Å². The Kier molecular flexibility index (Phi) is 4.24. The molecular formula is C17H21N5O3. The van der Waals surface area contributed by atoms with Crippen LogP contribution in [0.15, 0.2) is 35.2 Å². The zero-order valence-electron chi connectivity index (χ0n) is 15.7. The number of benzene rings is 1. The minimum Gasteiger partial charge on any atom is -0.488 e. The minimum absolute atomic E-state index is 0.187. The van der Waals surface area contributed by atoms with Crippen LogP contribution in [0.3, 0.4) is 0 Å². The van der Waals surface area contributed by atoms with Crippen LogP contribution in [0.2, 0.25) is 0 Å². The van der Waals surface area contributed by atoms with E-state index in [1.165, 1.54) is 4.68 Å². The molecule has 8 heteroatoms. The van der Waals surface area contributed by atoms with Gasteiger partial charge in [0.15, 0.2) is 0 Å². The summed E-state index contributed by atoms with van der Waals surface area (Å²) < 4.78 is 23.5. The van der Waals surface area contributed by atoms with Gasteiger partial charge < -0.3 is 14.0 Å². The van der Waals surface area contributed by atoms with E-state index in [-0.39, 0.29) is 12.3 Å². The molecular weight excluding hydrogens is 322 g/mol. The van der Waals surface area contributed by atoms with Gasteiger partial charge in [-0.15, -0.1) is 0 Å². The van der Waals surface area contributed by atoms with Crippen molar-refractivity contribution in [2.75, 3.05) is 6.61 Å². The molecule has 0 aliphatic heterocycles. The molecule has 0 spiro atoms. The Labute approximate surface area is 146 Å². The van der Waals surface area contributed by atoms with Gasteiger partial charge in [-0.05, 0) is 35.9 Å². The number of aryl methyl sites for hydroxylation is 3. The van der Waals surface area contributed by atoms with Crippen molar-refractivity contribution >= 4 is 0 Å². The van der Waals surface area contributed by atoms with Crippen molar-refractivity contribution in [2.24, 2.45) is 14.1 Å². The number of ether oxygens (including phenoxy) is 2. The summed E-state index contributed by atoms with van der Waals surface area (Å²) in [5, 5.41) is 7.68. The summed E-state index contributed by atoms with van der Waals surface area (Å²) in [5.41, 5.74) is 1.77. The summed E-state index contributed by atoms with van der Waals surface area (Å²) in [6.07, 6.45) is 1.76. The number of nitrogens with zero attached hydrogens (tertiary/aromatic N) is 5. The fourth-order valence-electron chi connectivity index (χ4n) is 2.56. The number of hydrogen-bond donors (Lipinski definition) is 0. The third-order valence-electron chi connectivity index (χ3n) is 3.83. The normalized spacial score (nSPS) is 11.4. The van der Waals surface area contributed by atoms with Gasteiger partial charge in [0, 0.05) is 20.3 Å². The van der Waals surface area contributed by atoms with Gasteiger partial charge in [0.1, 0.15) is 18.0 Å². The second-order valence-electron chi connectivity index (χ2n) is 5.62. The monoisotopic (exact) mass is 345 g/mol. The fourth-order valence-corrected chi connectivity index (χ4v) is 2.56. The standard InChI is InChI=1S/C17H21N5O3/c1-5-24-16-13(11-25-15-9-7-6-8-12(15)2)14(10-20(16)3)22-17(23)21(4)18-19-22/h6-10H,5,11H2,1-4H3/i6T. The van der Waals surface area contributed by atoms with E-state index in [2.05, 4.69) is 10.4 Å². The van der Waals surface area contributed by atoms with E-state index in [1.54, 1.807) is 36.0 Å². The lowest BCUT2D eigenvalue weighted by Crippen LogP contribution is -2.22. The molecule has 1 aromatic carbocycles. The molecule has 3 rings (SSSR count). The predicted octanol–water partition coefficient (Wildman–Crippen LogP) is 1.59. The Balaban J connectivity index is 2.01. The Hall–Kier alpha value is -3.03. The Morgan fingerprint density at radius 3 is 2.68 bits per heavy atom. The van der Waals surface area contributed by atoms with E-state index in [9.17, 15) is 4.79 Å². The van der Waals surface area contributed by atoms with E-state index in [0.717, 1.165) is 10.2 Å². The lowest BCUT2D eigenvalue weighted by molar-refractivity contribution is 0.276. The van der Waals surface area contributed by atoms with E-state index in [1.807, 2.05) is 20.9 Å². The molecule has 0 radical (unpaired) electrons. The summed E-state index contributed by atoms with van der Waals surface area (Å²) in [7, 11) is 3.37. The van der Waals surface area contributed by atoms with Gasteiger partial charge in [-0.1, -0.05) is 18.2 Å². The van der Waals surface area contributed by atoms with Crippen molar-refractivity contribution in [3.63, 3.8) is 0 Å². The summed E-state index contributed by atoms with van der Waals surface area (Å²) in [4.78, 5) is 12.3. The smallest absolute Gasteiger partial charge is 0.368 e. The quantitative estimate of drug-likeness (QED) is 0.678. The molecule has 0 unspecified atom stereocenters. The summed E-state index contributed by atoms with van der Waals surface area (Å²) in [6, 6.07) is 5.59. The molecule has 3 aromatic rings. The maximum atomic E-state index is 12.3. The molecule has 8 nitrogen and oxygen atoms in total. The van der Waals surface area contributed by atoms with Crippen LogP contribution >= 0.6 is 0 Å². The number of hydrogen-bond acceptors (Lipinski definition) is 5. The van der Waals surface area contributed by atoms with Gasteiger partial charge in [-0.2, -0.15) is 9.36 Å². The largest absolute Gasteiger partial charge is 0.488 e. The number of aromatic nitrogens is 5. The predicted molar refractivity (Wildman–Crippen MR) is 92.3 cm³/mol. The van der Waals surface area contributed by atoms with E-state index in [4.69, 9.17) is 10.8 Å². The molecule has 2 aromatic heterocycles. The highest BCUT2D eigenvalue weighted by Gasteiger charge is 2.21. The van der Waals surface area contributed by atoms with Gasteiger partial charge in [0.25, 0.3) is 0 Å². The fraction of sp³-hybridized carbons (Fsp3) is 0.353. The topological polar surface area (TPSA) is 76.1 Å². The highest BCUT2D eigenvalue weighted by molar-refractivity contribution is 5.47. The molecule has 0 N–H and O–H groups in total. The SMILES string of the molecule is [3H]c1ccc(OCc2c(-n3nnn(C)c3=O)cn(C)c2OCC)c(C)c1. The van der Waals surface area contributed by atoms with Crippen LogP contribution in [0.1, 0.15) is 19.4 Å². The number of para-hydroxylation sites is 1. The Bertz CT molecular complexity index is 989. The number of rotatable bonds is 6. The van der Waals surface area contributed by atoms with Crippen LogP contribution in [0.25, 0.3) is 5.69 Å². The van der Waals surface area contributed by atoms with E-state index in [0.29, 0.717) is 35.5 Å². The average molecular weight is 345 g/mol. The maximum absolute atomic E-state index is 12.3. The molecule has 0 aliphatic carbocycles. The molecule has 0 saturated heterocycles. The third kappa shape index (κ3) is 3.15. The first-order chi connectivity index (χ1) is 12.4. The van der Waals surface area contributed by atoms with Gasteiger partial charge >= 0.3 is 5.69 Å². The first-order valence-corrected chi connectivity index (χ1v) is 7.92. The summed E-state index contributed by atoms with van der Waals surface area (Å²) >= 11 is 0. The van der Waals surface area contributed by atoms with Crippen molar-refractivity contribution in [3.05, 3.63) is 52.0 Å². The summed E-state index contributed by atoms with van der Waals surface area (Å²) in [5.74, 6) is 1.28. The maximum Gasteiger partial charge on any atom is 0.368 e. The Morgan fingerprint density at radius 1 is 1.24 bits per heavy atom. The highest BCUT2D eigenvalue weighted by atomic mass is 16.5. The Morgan fingerprint density at radius 2 is 2.04 bits per heavy atom. The second-order valence-corrected chi connectivity index (χ2v) is 5.62. The molecule has 0 aliphatic rings. The zero-order valence-corrected chi connectivity index (χ0v) is 14.7. The van der Waals surface area contributed by atoms with Crippen LogP contribution in [0, 0.1) is 6.92 Å². The lowest BCUT2D eigenvalue weighted by atomic mass is 10.2. The van der Waals surface area contributed by atoms with Crippen LogP contribution in [0.5, 0.6) is 11.6 Å². The molecule has 0 bridgehead atoms. The summed E-state index contributed by atoms with van der Waals surface area (Å²) in [6.45, 7) is 4.44. The van der Waals surface area contributed by atoms with Crippen LogP contribution < -0.4 is 15.2 Å². The molecule has 0 fully saturated rings. The van der Waals surface area contributed by atoms with Crippen molar-refractivity contribution in [1.82, 2.24) is 24.4 Å². The van der Waals surface area contributed by atoms with Gasteiger partial charge in [0.05, 0.1) is 13.5 Å². The van der Waals surface area contributed by atoms with E-state index < -0.39 is 0 Å². The molecule has 0 amide bonds. The van der Waals surface area contributed by atoms with Crippen LogP contribution in [-0.4, -0.2) is 31.0 Å². The highest BCUT2D eigenvalue weighted by Crippen LogP contribution is 2.28. The van der Waals surface area contributed by atoms with Crippen molar-refractivity contribution < 1.29 is 10.8 Å². The van der Waals surface area contributed by atoms with Gasteiger partial charge in [-0.3, -0.25) is 0 Å².